The van der Waals surface area contributed by atoms with E-state index >= 15 is 0 Å². The Morgan fingerprint density at radius 1 is 1.44 bits per heavy atom. The Morgan fingerprint density at radius 2 is 2.25 bits per heavy atom. The number of ether oxygens (including phenoxy) is 1. The molecular formula is C11H7NO2S2. The van der Waals surface area contributed by atoms with Crippen molar-refractivity contribution < 1.29 is 9.53 Å². The molecule has 0 aliphatic carbocycles. The Bertz CT molecular complexity index is 557. The minimum Gasteiger partial charge on any atom is -0.418 e. The number of fused-ring (bicyclic) bond motifs is 1. The predicted molar refractivity (Wildman–Crippen MR) is 65.7 cm³/mol. The zero-order chi connectivity index (χ0) is 11.1. The molecule has 0 radical (unpaired) electrons. The van der Waals surface area contributed by atoms with Gasteiger partial charge in [0.15, 0.2) is 5.05 Å². The number of carbonyl (C=O) groups is 1. The van der Waals surface area contributed by atoms with Gasteiger partial charge in [-0.1, -0.05) is 12.1 Å². The number of esters is 1. The van der Waals surface area contributed by atoms with Crippen LogP contribution in [-0.4, -0.2) is 16.0 Å². The summed E-state index contributed by atoms with van der Waals surface area (Å²) in [6.07, 6.45) is 0.318. The average Bonchev–Trinajstić information content (AvgIpc) is 2.81. The number of aromatic nitrogens is 1. The monoisotopic (exact) mass is 249 g/mol. The average molecular weight is 249 g/mol. The van der Waals surface area contributed by atoms with E-state index in [1.807, 2.05) is 24.3 Å². The summed E-state index contributed by atoms with van der Waals surface area (Å²) in [4.78, 5) is 15.6. The first-order valence-electron chi connectivity index (χ1n) is 4.84. The van der Waals surface area contributed by atoms with Crippen molar-refractivity contribution in [1.82, 2.24) is 4.98 Å². The molecule has 2 heterocycles. The topological polar surface area (TPSA) is 39.2 Å². The molecular weight excluding hydrogens is 242 g/mol. The fourth-order valence-electron chi connectivity index (χ4n) is 1.70. The molecule has 3 rings (SSSR count). The SMILES string of the molecule is O=C1CC(c2nc3ccccc3s2)C(=S)O1. The Balaban J connectivity index is 2.06. The van der Waals surface area contributed by atoms with Crippen LogP contribution in [0.5, 0.6) is 0 Å². The largest absolute Gasteiger partial charge is 0.418 e. The van der Waals surface area contributed by atoms with Crippen LogP contribution in [0.2, 0.25) is 0 Å². The summed E-state index contributed by atoms with van der Waals surface area (Å²) < 4.78 is 5.99. The lowest BCUT2D eigenvalue weighted by Gasteiger charge is -1.99. The normalized spacial score (nSPS) is 20.4. The molecule has 0 amide bonds. The van der Waals surface area contributed by atoms with E-state index in [9.17, 15) is 4.79 Å². The van der Waals surface area contributed by atoms with Crippen molar-refractivity contribution in [2.24, 2.45) is 0 Å². The molecule has 1 saturated heterocycles. The summed E-state index contributed by atoms with van der Waals surface area (Å²) in [6, 6.07) is 7.88. The molecule has 0 saturated carbocycles. The van der Waals surface area contributed by atoms with Gasteiger partial charge in [-0.2, -0.15) is 0 Å². The van der Waals surface area contributed by atoms with E-state index in [0.717, 1.165) is 15.2 Å². The van der Waals surface area contributed by atoms with Gasteiger partial charge in [-0.3, -0.25) is 4.79 Å². The van der Waals surface area contributed by atoms with Crippen molar-refractivity contribution in [1.29, 1.82) is 0 Å². The molecule has 1 aromatic carbocycles. The van der Waals surface area contributed by atoms with Crippen LogP contribution in [0.25, 0.3) is 10.2 Å². The highest BCUT2D eigenvalue weighted by Crippen LogP contribution is 2.34. The fourth-order valence-corrected chi connectivity index (χ4v) is 3.13. The highest BCUT2D eigenvalue weighted by atomic mass is 32.1. The van der Waals surface area contributed by atoms with Gasteiger partial charge in [0.2, 0.25) is 0 Å². The Hall–Kier alpha value is -1.33. The van der Waals surface area contributed by atoms with Gasteiger partial charge in [0, 0.05) is 0 Å². The number of thiazole rings is 1. The number of cyclic esters (lactones) is 1. The van der Waals surface area contributed by atoms with Gasteiger partial charge < -0.3 is 4.74 Å². The van der Waals surface area contributed by atoms with E-state index in [4.69, 9.17) is 17.0 Å². The molecule has 1 fully saturated rings. The maximum absolute atomic E-state index is 11.1. The van der Waals surface area contributed by atoms with Crippen LogP contribution < -0.4 is 0 Å². The molecule has 1 aromatic heterocycles. The van der Waals surface area contributed by atoms with Crippen molar-refractivity contribution in [3.63, 3.8) is 0 Å². The summed E-state index contributed by atoms with van der Waals surface area (Å²) in [7, 11) is 0. The molecule has 0 bridgehead atoms. The minimum absolute atomic E-state index is 0.139. The third kappa shape index (κ3) is 1.52. The van der Waals surface area contributed by atoms with Crippen LogP contribution in [-0.2, 0) is 9.53 Å². The quantitative estimate of drug-likeness (QED) is 0.575. The molecule has 80 valence electrons. The Labute approximate surface area is 101 Å². The van der Waals surface area contributed by atoms with Gasteiger partial charge in [-0.25, -0.2) is 4.98 Å². The Kier molecular flexibility index (Phi) is 2.22. The number of para-hydroxylation sites is 1. The molecule has 1 unspecified atom stereocenters. The fraction of sp³-hybridized carbons (Fsp3) is 0.182. The highest BCUT2D eigenvalue weighted by molar-refractivity contribution is 7.80. The first kappa shape index (κ1) is 9.86. The first-order chi connectivity index (χ1) is 7.74. The van der Waals surface area contributed by atoms with E-state index in [2.05, 4.69) is 4.98 Å². The van der Waals surface area contributed by atoms with Gasteiger partial charge in [0.05, 0.1) is 22.6 Å². The lowest BCUT2D eigenvalue weighted by Crippen LogP contribution is -2.02. The van der Waals surface area contributed by atoms with Crippen molar-refractivity contribution >= 4 is 44.8 Å². The molecule has 0 N–H and O–H groups in total. The molecule has 16 heavy (non-hydrogen) atoms. The second kappa shape index (κ2) is 3.61. The molecule has 2 aromatic rings. The number of benzene rings is 1. The lowest BCUT2D eigenvalue weighted by atomic mass is 10.1. The third-order valence-corrected chi connectivity index (χ3v) is 4.00. The van der Waals surface area contributed by atoms with Gasteiger partial charge in [0.25, 0.3) is 0 Å². The minimum atomic E-state index is -0.255. The molecule has 1 aliphatic rings. The highest BCUT2D eigenvalue weighted by Gasteiger charge is 2.33. The lowest BCUT2D eigenvalue weighted by molar-refractivity contribution is -0.132. The van der Waals surface area contributed by atoms with Crippen LogP contribution in [0.1, 0.15) is 17.3 Å². The van der Waals surface area contributed by atoms with Gasteiger partial charge in [0.1, 0.15) is 5.01 Å². The smallest absolute Gasteiger partial charge is 0.312 e. The van der Waals surface area contributed by atoms with E-state index in [0.29, 0.717) is 11.5 Å². The maximum Gasteiger partial charge on any atom is 0.312 e. The first-order valence-corrected chi connectivity index (χ1v) is 6.06. The maximum atomic E-state index is 11.1. The van der Waals surface area contributed by atoms with Crippen LogP contribution >= 0.6 is 23.6 Å². The van der Waals surface area contributed by atoms with Crippen LogP contribution in [0.15, 0.2) is 24.3 Å². The van der Waals surface area contributed by atoms with Crippen molar-refractivity contribution in [3.8, 4) is 0 Å². The van der Waals surface area contributed by atoms with Crippen molar-refractivity contribution in [2.75, 3.05) is 0 Å². The third-order valence-electron chi connectivity index (χ3n) is 2.48. The van der Waals surface area contributed by atoms with Crippen LogP contribution in [0, 0.1) is 0 Å². The summed E-state index contributed by atoms with van der Waals surface area (Å²) in [5.74, 6) is -0.394. The summed E-state index contributed by atoms with van der Waals surface area (Å²) in [6.45, 7) is 0. The predicted octanol–water partition coefficient (Wildman–Crippen LogP) is 2.65. The second-order valence-electron chi connectivity index (χ2n) is 3.57. The molecule has 0 spiro atoms. The zero-order valence-corrected chi connectivity index (χ0v) is 9.81. The van der Waals surface area contributed by atoms with Crippen LogP contribution in [0.4, 0.5) is 0 Å². The van der Waals surface area contributed by atoms with Gasteiger partial charge >= 0.3 is 5.97 Å². The summed E-state index contributed by atoms with van der Waals surface area (Å²) in [5.41, 5.74) is 0.949. The molecule has 1 aliphatic heterocycles. The molecule has 3 nitrogen and oxygen atoms in total. The van der Waals surface area contributed by atoms with E-state index in [1.165, 1.54) is 0 Å². The number of thiocarbonyl (C=S) groups is 1. The summed E-state index contributed by atoms with van der Waals surface area (Å²) >= 11 is 6.60. The number of rotatable bonds is 1. The molecule has 5 heteroatoms. The number of nitrogens with zero attached hydrogens (tertiary/aromatic N) is 1. The molecule has 1 atom stereocenters. The second-order valence-corrected chi connectivity index (χ2v) is 5.03. The number of hydrogen-bond donors (Lipinski definition) is 0. The van der Waals surface area contributed by atoms with E-state index in [-0.39, 0.29) is 11.9 Å². The van der Waals surface area contributed by atoms with Crippen LogP contribution in [0.3, 0.4) is 0 Å². The number of carbonyl (C=O) groups excluding carboxylic acids is 1. The summed E-state index contributed by atoms with van der Waals surface area (Å²) in [5, 5.41) is 1.22. The van der Waals surface area contributed by atoms with Crippen molar-refractivity contribution in [3.05, 3.63) is 29.3 Å². The zero-order valence-electron chi connectivity index (χ0n) is 8.17. The van der Waals surface area contributed by atoms with E-state index < -0.39 is 0 Å². The van der Waals surface area contributed by atoms with Gasteiger partial charge in [-0.05, 0) is 24.4 Å². The van der Waals surface area contributed by atoms with Crippen molar-refractivity contribution in [2.45, 2.75) is 12.3 Å². The van der Waals surface area contributed by atoms with Gasteiger partial charge in [-0.15, -0.1) is 11.3 Å². The number of hydrogen-bond acceptors (Lipinski definition) is 5. The Morgan fingerprint density at radius 3 is 2.94 bits per heavy atom. The standard InChI is InChI=1S/C11H7NO2S2/c13-9-5-6(11(15)14-9)10-12-7-3-1-2-4-8(7)16-10/h1-4,6H,5H2. The van der Waals surface area contributed by atoms with E-state index in [1.54, 1.807) is 11.3 Å².